The van der Waals surface area contributed by atoms with Crippen LogP contribution in [0.2, 0.25) is 18.1 Å². The molecule has 0 atom stereocenters. The highest BCUT2D eigenvalue weighted by Crippen LogP contribution is 2.09. The number of aromatic nitrogens is 3. The lowest BCUT2D eigenvalue weighted by molar-refractivity contribution is 0.195. The Balaban J connectivity index is 3.08. The Kier molecular flexibility index (Phi) is 27.6. The van der Waals surface area contributed by atoms with Gasteiger partial charge in [-0.15, -0.1) is 0 Å². The second kappa shape index (κ2) is 29.5. The van der Waals surface area contributed by atoms with Crippen LogP contribution in [-0.2, 0) is 46.2 Å². The minimum absolute atomic E-state index is 0.260. The van der Waals surface area contributed by atoms with Gasteiger partial charge in [0.05, 0.1) is 0 Å². The van der Waals surface area contributed by atoms with Crippen LogP contribution in [0, 0.1) is 0 Å². The summed E-state index contributed by atoms with van der Waals surface area (Å²) < 4.78 is 39.7. The first-order chi connectivity index (χ1) is 23.4. The third kappa shape index (κ3) is 18.7. The van der Waals surface area contributed by atoms with Crippen LogP contribution >= 0.6 is 0 Å². The van der Waals surface area contributed by atoms with Crippen molar-refractivity contribution < 1.29 is 26.6 Å². The van der Waals surface area contributed by atoms with Crippen LogP contribution in [0.25, 0.3) is 0 Å². The standard InChI is InChI=1S/C33H69N3O9Si3/c1-7-22-40-46(41-23-8-2)28-16-13-19-34-31(37)35(20-14-17-29-47(42-24-9-3)43-25-10-4)33(39)36(32(34)38)21-15-18-30-48(44-26-11-5)45-27-12-6/h46-48H,7-30H2,1-6H3. The van der Waals surface area contributed by atoms with E-state index < -0.39 is 44.9 Å². The summed E-state index contributed by atoms with van der Waals surface area (Å²) in [5.41, 5.74) is -1.57. The van der Waals surface area contributed by atoms with Gasteiger partial charge in [0.2, 0.25) is 0 Å². The fourth-order valence-corrected chi connectivity index (χ4v) is 11.3. The monoisotopic (exact) mass is 735 g/mol. The van der Waals surface area contributed by atoms with Crippen LogP contribution in [0.3, 0.4) is 0 Å². The van der Waals surface area contributed by atoms with Crippen molar-refractivity contribution in [2.75, 3.05) is 39.6 Å². The molecular formula is C33H69N3O9Si3. The molecule has 0 unspecified atom stereocenters. The highest BCUT2D eigenvalue weighted by atomic mass is 28.3. The molecule has 282 valence electrons. The molecule has 0 radical (unpaired) electrons. The Hall–Kier alpha value is -1.18. The normalized spacial score (nSPS) is 11.9. The van der Waals surface area contributed by atoms with Crippen molar-refractivity contribution in [3.8, 4) is 0 Å². The first-order valence-electron chi connectivity index (χ1n) is 19.0. The van der Waals surface area contributed by atoms with Gasteiger partial charge in [-0.25, -0.2) is 28.1 Å². The third-order valence-electron chi connectivity index (χ3n) is 7.65. The summed E-state index contributed by atoms with van der Waals surface area (Å²) >= 11 is 0. The minimum Gasteiger partial charge on any atom is -0.397 e. The molecule has 0 aliphatic rings. The van der Waals surface area contributed by atoms with Crippen LogP contribution in [0.1, 0.15) is 119 Å². The van der Waals surface area contributed by atoms with E-state index in [0.29, 0.717) is 58.9 Å². The van der Waals surface area contributed by atoms with E-state index >= 15 is 0 Å². The van der Waals surface area contributed by atoms with Gasteiger partial charge in [0.25, 0.3) is 0 Å². The SMILES string of the molecule is CCCO[SiH](CCCCn1c(=O)n(CCCC[SiH](OCCC)OCCC)c(=O)n(CCCC[SiH](OCCC)OCCC)c1=O)OCCC. The Morgan fingerprint density at radius 2 is 0.583 bits per heavy atom. The van der Waals surface area contributed by atoms with Crippen molar-refractivity contribution >= 4 is 27.9 Å². The Labute approximate surface area is 295 Å². The largest absolute Gasteiger partial charge is 0.397 e. The predicted molar refractivity (Wildman–Crippen MR) is 200 cm³/mol. The van der Waals surface area contributed by atoms with Crippen molar-refractivity contribution in [2.24, 2.45) is 0 Å². The predicted octanol–water partition coefficient (Wildman–Crippen LogP) is 4.73. The molecule has 48 heavy (non-hydrogen) atoms. The molecule has 1 aromatic rings. The van der Waals surface area contributed by atoms with Gasteiger partial charge in [0.15, 0.2) is 0 Å². The Morgan fingerprint density at radius 3 is 0.771 bits per heavy atom. The van der Waals surface area contributed by atoms with Crippen LogP contribution in [-0.4, -0.2) is 81.2 Å². The molecule has 0 spiro atoms. The Bertz CT molecular complexity index is 915. The third-order valence-corrected chi connectivity index (χ3v) is 13.9. The second-order valence-corrected chi connectivity index (χ2v) is 18.6. The molecule has 0 saturated carbocycles. The van der Waals surface area contributed by atoms with E-state index in [1.54, 1.807) is 0 Å². The van der Waals surface area contributed by atoms with Crippen LogP contribution < -0.4 is 17.1 Å². The van der Waals surface area contributed by atoms with Crippen molar-refractivity contribution in [2.45, 2.75) is 156 Å². The smallest absolute Gasteiger partial charge is 0.336 e. The molecular weight excluding hydrogens is 667 g/mol. The van der Waals surface area contributed by atoms with Crippen molar-refractivity contribution in [1.29, 1.82) is 0 Å². The summed E-state index contributed by atoms with van der Waals surface area (Å²) in [5, 5.41) is 0. The fraction of sp³-hybridized carbons (Fsp3) is 0.909. The molecule has 0 aliphatic heterocycles. The van der Waals surface area contributed by atoms with Gasteiger partial charge in [0, 0.05) is 59.3 Å². The van der Waals surface area contributed by atoms with Gasteiger partial charge in [0.1, 0.15) is 0 Å². The fourth-order valence-electron chi connectivity index (χ4n) is 5.14. The summed E-state index contributed by atoms with van der Waals surface area (Å²) in [4.78, 5) is 40.8. The molecule has 12 nitrogen and oxygen atoms in total. The first kappa shape index (κ1) is 44.8. The van der Waals surface area contributed by atoms with E-state index in [9.17, 15) is 14.4 Å². The molecule has 1 heterocycles. The van der Waals surface area contributed by atoms with E-state index in [1.165, 1.54) is 13.7 Å². The molecule has 15 heteroatoms. The lowest BCUT2D eigenvalue weighted by Crippen LogP contribution is -2.54. The maximum atomic E-state index is 13.6. The molecule has 0 aromatic carbocycles. The number of rotatable bonds is 33. The van der Waals surface area contributed by atoms with Crippen molar-refractivity contribution in [1.82, 2.24) is 13.7 Å². The average Bonchev–Trinajstić information content (AvgIpc) is 3.09. The lowest BCUT2D eigenvalue weighted by atomic mass is 10.3. The second-order valence-electron chi connectivity index (χ2n) is 12.3. The molecule has 0 aliphatic carbocycles. The van der Waals surface area contributed by atoms with Gasteiger partial charge < -0.3 is 26.6 Å². The molecule has 1 aromatic heterocycles. The minimum atomic E-state index is -1.79. The highest BCUT2D eigenvalue weighted by molar-refractivity contribution is 6.44. The summed E-state index contributed by atoms with van der Waals surface area (Å²) in [5.74, 6) is 0. The summed E-state index contributed by atoms with van der Waals surface area (Å²) in [7, 11) is -5.38. The zero-order chi connectivity index (χ0) is 35.4. The van der Waals surface area contributed by atoms with Gasteiger partial charge in [-0.1, -0.05) is 41.5 Å². The molecule has 0 fully saturated rings. The van der Waals surface area contributed by atoms with E-state index in [-0.39, 0.29) is 19.6 Å². The van der Waals surface area contributed by atoms with Crippen LogP contribution in [0.15, 0.2) is 14.4 Å². The maximum Gasteiger partial charge on any atom is 0.336 e. The number of hydrogen-bond acceptors (Lipinski definition) is 9. The molecule has 0 bridgehead atoms. The maximum absolute atomic E-state index is 13.6. The first-order valence-corrected chi connectivity index (χ1v) is 24.3. The molecule has 0 saturated heterocycles. The average molecular weight is 736 g/mol. The number of nitrogens with zero attached hydrogens (tertiary/aromatic N) is 3. The van der Waals surface area contributed by atoms with E-state index in [1.807, 2.05) is 0 Å². The number of hydrogen-bond donors (Lipinski definition) is 0. The van der Waals surface area contributed by atoms with E-state index in [0.717, 1.165) is 75.9 Å². The summed E-state index contributed by atoms with van der Waals surface area (Å²) in [6, 6.07) is 2.46. The lowest BCUT2D eigenvalue weighted by Gasteiger charge is -2.18. The Morgan fingerprint density at radius 1 is 0.375 bits per heavy atom. The van der Waals surface area contributed by atoms with E-state index in [4.69, 9.17) is 26.6 Å². The van der Waals surface area contributed by atoms with E-state index in [2.05, 4.69) is 41.5 Å². The summed E-state index contributed by atoms with van der Waals surface area (Å²) in [6.45, 7) is 17.4. The topological polar surface area (TPSA) is 121 Å². The van der Waals surface area contributed by atoms with Gasteiger partial charge in [-0.3, -0.25) is 0 Å². The van der Waals surface area contributed by atoms with Crippen molar-refractivity contribution in [3.63, 3.8) is 0 Å². The highest BCUT2D eigenvalue weighted by Gasteiger charge is 2.19. The zero-order valence-corrected chi connectivity index (χ0v) is 34.7. The van der Waals surface area contributed by atoms with Gasteiger partial charge >= 0.3 is 44.9 Å². The molecule has 0 amide bonds. The van der Waals surface area contributed by atoms with Gasteiger partial charge in [-0.05, 0) is 95.2 Å². The molecule has 1 rings (SSSR count). The zero-order valence-electron chi connectivity index (χ0n) is 31.2. The number of unbranched alkanes of at least 4 members (excludes halogenated alkanes) is 3. The van der Waals surface area contributed by atoms with Gasteiger partial charge in [-0.2, -0.15) is 0 Å². The van der Waals surface area contributed by atoms with Crippen LogP contribution in [0.5, 0.6) is 0 Å². The van der Waals surface area contributed by atoms with Crippen molar-refractivity contribution in [3.05, 3.63) is 31.5 Å². The van der Waals surface area contributed by atoms with Crippen LogP contribution in [0.4, 0.5) is 0 Å². The quantitative estimate of drug-likeness (QED) is 0.0745. The summed E-state index contributed by atoms with van der Waals surface area (Å²) in [6.07, 6.45) is 9.92. The molecule has 0 N–H and O–H groups in total.